The quantitative estimate of drug-likeness (QED) is 0.847. The first-order chi connectivity index (χ1) is 11.0. The van der Waals surface area contributed by atoms with E-state index in [1.165, 1.54) is 0 Å². The maximum Gasteiger partial charge on any atom is 0.439 e. The molecule has 2 saturated carbocycles. The summed E-state index contributed by atoms with van der Waals surface area (Å²) in [6.07, 6.45) is -1.56. The van der Waals surface area contributed by atoms with Gasteiger partial charge in [0, 0.05) is 11.6 Å². The fourth-order valence-corrected chi connectivity index (χ4v) is 3.94. The topological polar surface area (TPSA) is 52.9 Å². The molecular formula is C17H25F3N2O2. The lowest BCUT2D eigenvalue weighted by atomic mass is 9.64. The molecule has 0 aromatic carbocycles. The van der Waals surface area contributed by atoms with Gasteiger partial charge in [-0.2, -0.15) is 23.3 Å². The van der Waals surface area contributed by atoms with Gasteiger partial charge in [-0.25, -0.2) is 0 Å². The van der Waals surface area contributed by atoms with Gasteiger partial charge in [0.05, 0.1) is 5.92 Å². The predicted molar refractivity (Wildman–Crippen MR) is 82.9 cm³/mol. The molecule has 1 N–H and O–H groups in total. The highest BCUT2D eigenvalue weighted by Crippen LogP contribution is 2.53. The van der Waals surface area contributed by atoms with Crippen LogP contribution in [0.2, 0.25) is 0 Å². The molecule has 7 heteroatoms. The van der Waals surface area contributed by atoms with Crippen LogP contribution in [-0.4, -0.2) is 33.6 Å². The first-order valence-corrected chi connectivity index (χ1v) is 8.73. The number of hydrogen-bond donors (Lipinski definition) is 1. The lowest BCUT2D eigenvalue weighted by molar-refractivity contribution is -0.318. The summed E-state index contributed by atoms with van der Waals surface area (Å²) in [5, 5.41) is 15.0. The zero-order valence-corrected chi connectivity index (χ0v) is 14.4. The SMILES string of the molecule is CCC(C)(C)[C@@H]1CCC2=NN(C(=O)C3CC3)[C@@](O)(C(F)(F)F)[C@@H]2C1. The summed E-state index contributed by atoms with van der Waals surface area (Å²) in [6, 6.07) is 0. The number of amides is 1. The van der Waals surface area contributed by atoms with Crippen LogP contribution in [0, 0.1) is 23.2 Å². The highest BCUT2D eigenvalue weighted by atomic mass is 19.4. The lowest BCUT2D eigenvalue weighted by Gasteiger charge is -2.43. The van der Waals surface area contributed by atoms with Gasteiger partial charge in [-0.15, -0.1) is 0 Å². The molecule has 136 valence electrons. The molecule has 24 heavy (non-hydrogen) atoms. The molecule has 0 spiro atoms. The van der Waals surface area contributed by atoms with Gasteiger partial charge in [-0.3, -0.25) is 4.79 Å². The van der Waals surface area contributed by atoms with Crippen molar-refractivity contribution in [1.82, 2.24) is 5.01 Å². The molecule has 4 nitrogen and oxygen atoms in total. The molecule has 3 rings (SSSR count). The van der Waals surface area contributed by atoms with Crippen LogP contribution in [0.3, 0.4) is 0 Å². The second kappa shape index (κ2) is 5.44. The first kappa shape index (κ1) is 17.7. The average Bonchev–Trinajstić information content (AvgIpc) is 3.30. The van der Waals surface area contributed by atoms with E-state index in [4.69, 9.17) is 0 Å². The summed E-state index contributed by atoms with van der Waals surface area (Å²) in [7, 11) is 0. The minimum absolute atomic E-state index is 0.0660. The summed E-state index contributed by atoms with van der Waals surface area (Å²) in [5.74, 6) is -2.20. The van der Waals surface area contributed by atoms with Crippen molar-refractivity contribution < 1.29 is 23.1 Å². The zero-order chi connectivity index (χ0) is 17.9. The number of fused-ring (bicyclic) bond motifs is 1. The second-order valence-electron chi connectivity index (χ2n) is 8.11. The Morgan fingerprint density at radius 2 is 1.96 bits per heavy atom. The van der Waals surface area contributed by atoms with Crippen molar-refractivity contribution in [2.75, 3.05) is 0 Å². The van der Waals surface area contributed by atoms with E-state index in [-0.39, 0.29) is 17.8 Å². The third-order valence-electron chi connectivity index (χ3n) is 6.28. The third kappa shape index (κ3) is 2.55. The molecule has 1 aliphatic heterocycles. The monoisotopic (exact) mass is 346 g/mol. The van der Waals surface area contributed by atoms with E-state index in [0.29, 0.717) is 30.0 Å². The number of aliphatic hydroxyl groups is 1. The van der Waals surface area contributed by atoms with E-state index >= 15 is 0 Å². The molecule has 0 radical (unpaired) electrons. The zero-order valence-electron chi connectivity index (χ0n) is 14.4. The minimum atomic E-state index is -4.92. The molecule has 0 unspecified atom stereocenters. The maximum atomic E-state index is 13.8. The fourth-order valence-electron chi connectivity index (χ4n) is 3.94. The van der Waals surface area contributed by atoms with Crippen LogP contribution in [0.15, 0.2) is 5.10 Å². The largest absolute Gasteiger partial charge is 0.439 e. The van der Waals surface area contributed by atoms with Crippen LogP contribution < -0.4 is 0 Å². The van der Waals surface area contributed by atoms with E-state index in [9.17, 15) is 23.1 Å². The number of carbonyl (C=O) groups excluding carboxylic acids is 1. The van der Waals surface area contributed by atoms with Gasteiger partial charge in [-0.05, 0) is 43.4 Å². The van der Waals surface area contributed by atoms with Crippen molar-refractivity contribution in [3.8, 4) is 0 Å². The van der Waals surface area contributed by atoms with Crippen LogP contribution in [0.1, 0.15) is 59.3 Å². The molecule has 2 fully saturated rings. The van der Waals surface area contributed by atoms with Crippen LogP contribution in [0.5, 0.6) is 0 Å². The van der Waals surface area contributed by atoms with Gasteiger partial charge in [0.25, 0.3) is 5.72 Å². The number of hydrazone groups is 1. The van der Waals surface area contributed by atoms with Gasteiger partial charge >= 0.3 is 6.18 Å². The Hall–Kier alpha value is -1.11. The van der Waals surface area contributed by atoms with Crippen LogP contribution >= 0.6 is 0 Å². The molecule has 0 aromatic rings. The van der Waals surface area contributed by atoms with E-state index in [2.05, 4.69) is 18.9 Å². The Morgan fingerprint density at radius 3 is 2.46 bits per heavy atom. The van der Waals surface area contributed by atoms with Crippen LogP contribution in [0.25, 0.3) is 0 Å². The van der Waals surface area contributed by atoms with E-state index in [0.717, 1.165) is 12.8 Å². The number of nitrogens with zero attached hydrogens (tertiary/aromatic N) is 2. The number of halogens is 3. The Bertz CT molecular complexity index is 569. The molecule has 1 heterocycles. The van der Waals surface area contributed by atoms with Crippen molar-refractivity contribution in [3.05, 3.63) is 0 Å². The van der Waals surface area contributed by atoms with Crippen molar-refractivity contribution in [2.45, 2.75) is 71.2 Å². The summed E-state index contributed by atoms with van der Waals surface area (Å²) < 4.78 is 41.4. The van der Waals surface area contributed by atoms with Crippen LogP contribution in [-0.2, 0) is 4.79 Å². The summed E-state index contributed by atoms with van der Waals surface area (Å²) >= 11 is 0. The number of carbonyl (C=O) groups is 1. The highest BCUT2D eigenvalue weighted by Gasteiger charge is 2.69. The van der Waals surface area contributed by atoms with Crippen molar-refractivity contribution >= 4 is 11.6 Å². The van der Waals surface area contributed by atoms with Gasteiger partial charge < -0.3 is 5.11 Å². The standard InChI is InChI=1S/C17H25F3N2O2/c1-4-15(2,3)11-7-8-13-12(9-11)16(24,17(18,19)20)22(21-13)14(23)10-5-6-10/h10-12,24H,4-9H2,1-3H3/t11-,12-,16+/m1/s1. The van der Waals surface area contributed by atoms with Gasteiger partial charge in [-0.1, -0.05) is 27.2 Å². The van der Waals surface area contributed by atoms with Crippen molar-refractivity contribution in [1.29, 1.82) is 0 Å². The minimum Gasteiger partial charge on any atom is -0.362 e. The highest BCUT2D eigenvalue weighted by molar-refractivity contribution is 5.94. The predicted octanol–water partition coefficient (Wildman–Crippen LogP) is 3.70. The Kier molecular flexibility index (Phi) is 4.02. The van der Waals surface area contributed by atoms with Gasteiger partial charge in [0.2, 0.25) is 5.91 Å². The summed E-state index contributed by atoms with van der Waals surface area (Å²) in [6.45, 7) is 6.13. The normalized spacial score (nSPS) is 34.1. The summed E-state index contributed by atoms with van der Waals surface area (Å²) in [4.78, 5) is 12.3. The molecule has 3 aliphatic rings. The maximum absolute atomic E-state index is 13.8. The Morgan fingerprint density at radius 1 is 1.33 bits per heavy atom. The van der Waals surface area contributed by atoms with E-state index in [1.54, 1.807) is 0 Å². The average molecular weight is 346 g/mol. The summed E-state index contributed by atoms with van der Waals surface area (Å²) in [5.41, 5.74) is -2.97. The first-order valence-electron chi connectivity index (χ1n) is 8.73. The smallest absolute Gasteiger partial charge is 0.362 e. The molecule has 1 amide bonds. The van der Waals surface area contributed by atoms with Crippen molar-refractivity contribution in [2.24, 2.45) is 28.3 Å². The number of alkyl halides is 3. The third-order valence-corrected chi connectivity index (χ3v) is 6.28. The Balaban J connectivity index is 1.94. The second-order valence-corrected chi connectivity index (χ2v) is 8.11. The molecule has 0 aromatic heterocycles. The fraction of sp³-hybridized carbons (Fsp3) is 0.882. The Labute approximate surface area is 140 Å². The molecule has 2 aliphatic carbocycles. The lowest BCUT2D eigenvalue weighted by Crippen LogP contribution is -2.62. The number of hydrogen-bond acceptors (Lipinski definition) is 3. The van der Waals surface area contributed by atoms with Crippen molar-refractivity contribution in [3.63, 3.8) is 0 Å². The molecule has 0 saturated heterocycles. The van der Waals surface area contributed by atoms with Gasteiger partial charge in [0.15, 0.2) is 0 Å². The van der Waals surface area contributed by atoms with E-state index < -0.39 is 29.6 Å². The van der Waals surface area contributed by atoms with Crippen LogP contribution in [0.4, 0.5) is 13.2 Å². The molecular weight excluding hydrogens is 321 g/mol. The molecule has 3 atom stereocenters. The number of rotatable bonds is 3. The molecule has 0 bridgehead atoms. The van der Waals surface area contributed by atoms with Gasteiger partial charge in [0.1, 0.15) is 0 Å². The van der Waals surface area contributed by atoms with E-state index in [1.807, 2.05) is 6.92 Å².